The summed E-state index contributed by atoms with van der Waals surface area (Å²) >= 11 is 0. The highest BCUT2D eigenvalue weighted by Gasteiger charge is 2.30. The molecule has 1 atom stereocenters. The summed E-state index contributed by atoms with van der Waals surface area (Å²) in [6, 6.07) is 1.36. The molecule has 1 unspecified atom stereocenters. The molecule has 0 bridgehead atoms. The fourth-order valence-corrected chi connectivity index (χ4v) is 1.78. The molecule has 0 radical (unpaired) electrons. The van der Waals surface area contributed by atoms with Crippen molar-refractivity contribution in [2.75, 3.05) is 0 Å². The van der Waals surface area contributed by atoms with Gasteiger partial charge in [-0.3, -0.25) is 19.9 Å². The largest absolute Gasteiger partial charge is 0.481 e. The van der Waals surface area contributed by atoms with Crippen molar-refractivity contribution in [3.05, 3.63) is 33.6 Å². The van der Waals surface area contributed by atoms with E-state index in [1.54, 1.807) is 6.92 Å². The molecular weight excluding hydrogens is 236 g/mol. The maximum atomic E-state index is 11.2. The molecule has 6 nitrogen and oxygen atoms in total. The molecule has 6 heteroatoms. The molecule has 1 rings (SSSR count). The zero-order valence-corrected chi connectivity index (χ0v) is 10.6. The van der Waals surface area contributed by atoms with E-state index >= 15 is 0 Å². The number of aliphatic carboxylic acids is 1. The molecule has 0 fully saturated rings. The van der Waals surface area contributed by atoms with E-state index in [4.69, 9.17) is 0 Å². The second-order valence-corrected chi connectivity index (χ2v) is 4.69. The average molecular weight is 252 g/mol. The summed E-state index contributed by atoms with van der Waals surface area (Å²) in [5, 5.41) is 20.1. The van der Waals surface area contributed by atoms with Crippen LogP contribution in [-0.4, -0.2) is 21.0 Å². The van der Waals surface area contributed by atoms with Crippen molar-refractivity contribution in [2.45, 2.75) is 33.1 Å². The Hall–Kier alpha value is -1.98. The zero-order valence-electron chi connectivity index (χ0n) is 10.6. The smallest absolute Gasteiger partial charge is 0.312 e. The Labute approximate surface area is 105 Å². The Kier molecular flexibility index (Phi) is 4.36. The Bertz CT molecular complexity index is 471. The summed E-state index contributed by atoms with van der Waals surface area (Å²) in [5.41, 5.74) is 0.453. The Balaban J connectivity index is 3.27. The first kappa shape index (κ1) is 14.1. The van der Waals surface area contributed by atoms with Gasteiger partial charge in [0.05, 0.1) is 4.92 Å². The molecule has 1 heterocycles. The molecule has 1 N–H and O–H groups in total. The van der Waals surface area contributed by atoms with E-state index in [9.17, 15) is 20.0 Å². The SMILES string of the molecule is Cc1cnc(C(CC(C)C)C(=O)O)c([N+](=O)[O-])c1. The maximum Gasteiger partial charge on any atom is 0.312 e. The van der Waals surface area contributed by atoms with Gasteiger partial charge in [0.2, 0.25) is 0 Å². The molecule has 98 valence electrons. The first-order valence-electron chi connectivity index (χ1n) is 5.66. The van der Waals surface area contributed by atoms with E-state index in [0.29, 0.717) is 12.0 Å². The van der Waals surface area contributed by atoms with Crippen molar-refractivity contribution in [1.29, 1.82) is 0 Å². The second kappa shape index (κ2) is 5.57. The third kappa shape index (κ3) is 3.26. The molecule has 1 aromatic rings. The highest BCUT2D eigenvalue weighted by Crippen LogP contribution is 2.30. The lowest BCUT2D eigenvalue weighted by Crippen LogP contribution is -2.17. The third-order valence-electron chi connectivity index (χ3n) is 2.57. The van der Waals surface area contributed by atoms with E-state index in [1.807, 2.05) is 13.8 Å². The number of carboxylic acids is 1. The Morgan fingerprint density at radius 1 is 1.56 bits per heavy atom. The second-order valence-electron chi connectivity index (χ2n) is 4.69. The number of hydrogen-bond donors (Lipinski definition) is 1. The van der Waals surface area contributed by atoms with E-state index in [2.05, 4.69) is 4.98 Å². The van der Waals surface area contributed by atoms with Crippen molar-refractivity contribution in [1.82, 2.24) is 4.98 Å². The lowest BCUT2D eigenvalue weighted by molar-refractivity contribution is -0.386. The Morgan fingerprint density at radius 2 is 2.17 bits per heavy atom. The van der Waals surface area contributed by atoms with Crippen LogP contribution in [0.5, 0.6) is 0 Å². The molecule has 0 spiro atoms. The fourth-order valence-electron chi connectivity index (χ4n) is 1.78. The molecule has 18 heavy (non-hydrogen) atoms. The monoisotopic (exact) mass is 252 g/mol. The van der Waals surface area contributed by atoms with Crippen LogP contribution in [0.2, 0.25) is 0 Å². The molecular formula is C12H16N2O4. The summed E-state index contributed by atoms with van der Waals surface area (Å²) in [6.07, 6.45) is 1.78. The van der Waals surface area contributed by atoms with Gasteiger partial charge in [-0.25, -0.2) is 0 Å². The maximum absolute atomic E-state index is 11.2. The lowest BCUT2D eigenvalue weighted by Gasteiger charge is -2.14. The van der Waals surface area contributed by atoms with Crippen molar-refractivity contribution < 1.29 is 14.8 Å². The minimum atomic E-state index is -1.08. The number of aryl methyl sites for hydroxylation is 1. The van der Waals surface area contributed by atoms with Crippen LogP contribution in [0.25, 0.3) is 0 Å². The zero-order chi connectivity index (χ0) is 13.9. The lowest BCUT2D eigenvalue weighted by atomic mass is 9.92. The predicted octanol–water partition coefficient (Wildman–Crippen LogP) is 2.51. The summed E-state index contributed by atoms with van der Waals surface area (Å²) < 4.78 is 0. The number of carboxylic acid groups (broad SMARTS) is 1. The van der Waals surface area contributed by atoms with Crippen LogP contribution in [0.3, 0.4) is 0 Å². The number of carbonyl (C=O) groups is 1. The molecule has 0 saturated carbocycles. The van der Waals surface area contributed by atoms with Gasteiger partial charge in [0.1, 0.15) is 11.6 Å². The molecule has 0 aliphatic carbocycles. The van der Waals surface area contributed by atoms with Gasteiger partial charge in [-0.15, -0.1) is 0 Å². The Morgan fingerprint density at radius 3 is 2.61 bits per heavy atom. The average Bonchev–Trinajstić information content (AvgIpc) is 2.25. The summed E-state index contributed by atoms with van der Waals surface area (Å²) in [5.74, 6) is -1.90. The number of pyridine rings is 1. The van der Waals surface area contributed by atoms with E-state index in [0.717, 1.165) is 0 Å². The number of nitro groups is 1. The van der Waals surface area contributed by atoms with Gasteiger partial charge in [0.25, 0.3) is 5.69 Å². The van der Waals surface area contributed by atoms with Gasteiger partial charge in [0, 0.05) is 12.3 Å². The van der Waals surface area contributed by atoms with Gasteiger partial charge in [-0.1, -0.05) is 13.8 Å². The highest BCUT2D eigenvalue weighted by atomic mass is 16.6. The summed E-state index contributed by atoms with van der Waals surface area (Å²) in [4.78, 5) is 25.6. The predicted molar refractivity (Wildman–Crippen MR) is 65.5 cm³/mol. The number of aromatic nitrogens is 1. The van der Waals surface area contributed by atoms with Gasteiger partial charge in [0.15, 0.2) is 0 Å². The van der Waals surface area contributed by atoms with Crippen LogP contribution < -0.4 is 0 Å². The van der Waals surface area contributed by atoms with Crippen LogP contribution in [0, 0.1) is 23.0 Å². The highest BCUT2D eigenvalue weighted by molar-refractivity contribution is 5.77. The quantitative estimate of drug-likeness (QED) is 0.641. The first-order valence-corrected chi connectivity index (χ1v) is 5.66. The van der Waals surface area contributed by atoms with Gasteiger partial charge >= 0.3 is 5.97 Å². The van der Waals surface area contributed by atoms with Gasteiger partial charge < -0.3 is 5.11 Å². The van der Waals surface area contributed by atoms with Crippen molar-refractivity contribution in [2.24, 2.45) is 5.92 Å². The minimum Gasteiger partial charge on any atom is -0.481 e. The van der Waals surface area contributed by atoms with E-state index in [-0.39, 0.29) is 17.3 Å². The fraction of sp³-hybridized carbons (Fsp3) is 0.500. The molecule has 0 aliphatic heterocycles. The molecule has 0 aromatic carbocycles. The van der Waals surface area contributed by atoms with Crippen LogP contribution in [0.4, 0.5) is 5.69 Å². The number of hydrogen-bond acceptors (Lipinski definition) is 4. The van der Waals surface area contributed by atoms with Crippen LogP contribution in [-0.2, 0) is 4.79 Å². The van der Waals surface area contributed by atoms with Crippen molar-refractivity contribution in [3.8, 4) is 0 Å². The van der Waals surface area contributed by atoms with Crippen molar-refractivity contribution in [3.63, 3.8) is 0 Å². The first-order chi connectivity index (χ1) is 8.32. The van der Waals surface area contributed by atoms with E-state index < -0.39 is 16.8 Å². The molecule has 1 aromatic heterocycles. The van der Waals surface area contributed by atoms with Crippen LogP contribution in [0.15, 0.2) is 12.3 Å². The minimum absolute atomic E-state index is 0.0341. The van der Waals surface area contributed by atoms with Gasteiger partial charge in [-0.05, 0) is 24.8 Å². The van der Waals surface area contributed by atoms with Crippen LogP contribution in [0.1, 0.15) is 37.4 Å². The third-order valence-corrected chi connectivity index (χ3v) is 2.57. The van der Waals surface area contributed by atoms with Gasteiger partial charge in [-0.2, -0.15) is 0 Å². The molecule has 0 saturated heterocycles. The standard InChI is InChI=1S/C12H16N2O4/c1-7(2)4-9(12(15)16)11-10(14(17)18)5-8(3)6-13-11/h5-7,9H,4H2,1-3H3,(H,15,16). The summed E-state index contributed by atoms with van der Waals surface area (Å²) in [6.45, 7) is 5.42. The van der Waals surface area contributed by atoms with E-state index in [1.165, 1.54) is 12.3 Å². The molecule has 0 amide bonds. The normalized spacial score (nSPS) is 12.4. The topological polar surface area (TPSA) is 93.3 Å². The molecule has 0 aliphatic rings. The van der Waals surface area contributed by atoms with Crippen LogP contribution >= 0.6 is 0 Å². The number of rotatable bonds is 5. The number of nitrogens with zero attached hydrogens (tertiary/aromatic N) is 2. The van der Waals surface area contributed by atoms with Crippen molar-refractivity contribution >= 4 is 11.7 Å². The summed E-state index contributed by atoms with van der Waals surface area (Å²) in [7, 11) is 0.